The fourth-order valence-corrected chi connectivity index (χ4v) is 2.04. The molecule has 2 rings (SSSR count). The van der Waals surface area contributed by atoms with Crippen LogP contribution in [0, 0.1) is 5.82 Å². The number of methoxy groups -OCH3 is 1. The van der Waals surface area contributed by atoms with E-state index in [-0.39, 0.29) is 11.4 Å². The number of nitrogens with zero attached hydrogens (tertiary/aromatic N) is 3. The Morgan fingerprint density at radius 2 is 2.18 bits per heavy atom. The van der Waals surface area contributed by atoms with Crippen LogP contribution in [0.25, 0.3) is 11.0 Å². The lowest BCUT2D eigenvalue weighted by molar-refractivity contribution is 0.00600. The van der Waals surface area contributed by atoms with Crippen molar-refractivity contribution >= 4 is 27.0 Å². The maximum atomic E-state index is 13.3. The van der Waals surface area contributed by atoms with Gasteiger partial charge in [0, 0.05) is 13.2 Å². The van der Waals surface area contributed by atoms with Gasteiger partial charge in [-0.05, 0) is 35.8 Å². The molecule has 6 heteroatoms. The van der Waals surface area contributed by atoms with E-state index in [9.17, 15) is 4.39 Å². The smallest absolute Gasteiger partial charge is 0.127 e. The molecule has 0 aliphatic rings. The molecule has 0 aliphatic heterocycles. The van der Waals surface area contributed by atoms with Gasteiger partial charge in [0.2, 0.25) is 0 Å². The van der Waals surface area contributed by atoms with Crippen LogP contribution in [-0.2, 0) is 11.3 Å². The van der Waals surface area contributed by atoms with Gasteiger partial charge in [0.15, 0.2) is 0 Å². The first kappa shape index (κ1) is 12.4. The molecule has 92 valence electrons. The number of fused-ring (bicyclic) bond motifs is 1. The third-order valence-electron chi connectivity index (χ3n) is 2.62. The van der Waals surface area contributed by atoms with Gasteiger partial charge in [-0.15, -0.1) is 5.10 Å². The van der Waals surface area contributed by atoms with Crippen LogP contribution in [0.2, 0.25) is 0 Å². The summed E-state index contributed by atoms with van der Waals surface area (Å²) in [7, 11) is 1.63. The minimum Gasteiger partial charge on any atom is -0.377 e. The number of benzene rings is 1. The molecular formula is C11H13BrFN3O. The molecule has 0 spiro atoms. The van der Waals surface area contributed by atoms with Crippen molar-refractivity contribution in [2.75, 3.05) is 7.11 Å². The normalized spacial score (nSPS) is 12.3. The van der Waals surface area contributed by atoms with E-state index in [0.29, 0.717) is 22.1 Å². The second kappa shape index (κ2) is 4.34. The van der Waals surface area contributed by atoms with Crippen molar-refractivity contribution in [3.63, 3.8) is 0 Å². The van der Waals surface area contributed by atoms with Crippen LogP contribution in [0.4, 0.5) is 4.39 Å². The van der Waals surface area contributed by atoms with E-state index in [1.54, 1.807) is 11.8 Å². The van der Waals surface area contributed by atoms with Gasteiger partial charge in [-0.3, -0.25) is 0 Å². The van der Waals surface area contributed by atoms with E-state index in [1.807, 2.05) is 13.8 Å². The summed E-state index contributed by atoms with van der Waals surface area (Å²) in [6, 6.07) is 2.80. The molecule has 0 bridgehead atoms. The summed E-state index contributed by atoms with van der Waals surface area (Å²) in [5.41, 5.74) is 0.930. The summed E-state index contributed by atoms with van der Waals surface area (Å²) >= 11 is 3.27. The fraction of sp³-hybridized carbons (Fsp3) is 0.455. The van der Waals surface area contributed by atoms with Crippen molar-refractivity contribution in [3.05, 3.63) is 22.4 Å². The molecule has 1 heterocycles. The Morgan fingerprint density at radius 1 is 1.47 bits per heavy atom. The van der Waals surface area contributed by atoms with E-state index in [0.717, 1.165) is 0 Å². The highest BCUT2D eigenvalue weighted by atomic mass is 79.9. The first-order valence-corrected chi connectivity index (χ1v) is 5.96. The van der Waals surface area contributed by atoms with E-state index in [4.69, 9.17) is 4.74 Å². The van der Waals surface area contributed by atoms with Crippen molar-refractivity contribution in [2.24, 2.45) is 0 Å². The summed E-state index contributed by atoms with van der Waals surface area (Å²) in [6.07, 6.45) is 0. The molecule has 1 aromatic carbocycles. The molecule has 4 nitrogen and oxygen atoms in total. The summed E-state index contributed by atoms with van der Waals surface area (Å²) in [5.74, 6) is -0.317. The van der Waals surface area contributed by atoms with E-state index in [1.165, 1.54) is 12.1 Å². The topological polar surface area (TPSA) is 39.9 Å². The first-order chi connectivity index (χ1) is 7.93. The fourth-order valence-electron chi connectivity index (χ4n) is 1.54. The molecule has 0 aliphatic carbocycles. The van der Waals surface area contributed by atoms with Crippen LogP contribution < -0.4 is 0 Å². The van der Waals surface area contributed by atoms with Gasteiger partial charge in [-0.25, -0.2) is 9.07 Å². The molecule has 0 unspecified atom stereocenters. The molecule has 0 N–H and O–H groups in total. The molecule has 0 saturated carbocycles. The molecule has 1 aromatic heterocycles. The molecule has 0 fully saturated rings. The van der Waals surface area contributed by atoms with Crippen molar-refractivity contribution in [2.45, 2.75) is 26.0 Å². The van der Waals surface area contributed by atoms with Gasteiger partial charge in [-0.1, -0.05) is 5.21 Å². The third-order valence-corrected chi connectivity index (χ3v) is 3.23. The van der Waals surface area contributed by atoms with Crippen LogP contribution in [0.1, 0.15) is 13.8 Å². The van der Waals surface area contributed by atoms with Gasteiger partial charge >= 0.3 is 0 Å². The second-order valence-electron chi connectivity index (χ2n) is 4.47. The molecule has 0 amide bonds. The molecule has 0 saturated heterocycles. The third kappa shape index (κ3) is 2.47. The number of aromatic nitrogens is 3. The van der Waals surface area contributed by atoms with Crippen molar-refractivity contribution < 1.29 is 9.13 Å². The first-order valence-electron chi connectivity index (χ1n) is 5.16. The van der Waals surface area contributed by atoms with Gasteiger partial charge < -0.3 is 4.74 Å². The lowest BCUT2D eigenvalue weighted by Crippen LogP contribution is -2.29. The zero-order chi connectivity index (χ0) is 12.6. The van der Waals surface area contributed by atoms with Crippen LogP contribution >= 0.6 is 15.9 Å². The summed E-state index contributed by atoms with van der Waals surface area (Å²) < 4.78 is 20.9. The van der Waals surface area contributed by atoms with E-state index in [2.05, 4.69) is 26.2 Å². The number of hydrogen-bond donors (Lipinski definition) is 0. The van der Waals surface area contributed by atoms with Gasteiger partial charge in [0.25, 0.3) is 0 Å². The molecule has 17 heavy (non-hydrogen) atoms. The second-order valence-corrected chi connectivity index (χ2v) is 5.32. The number of hydrogen-bond acceptors (Lipinski definition) is 3. The Hall–Kier alpha value is -1.01. The van der Waals surface area contributed by atoms with Crippen molar-refractivity contribution in [1.82, 2.24) is 15.0 Å². The molecule has 0 radical (unpaired) electrons. The summed E-state index contributed by atoms with van der Waals surface area (Å²) in [6.45, 7) is 4.39. The zero-order valence-electron chi connectivity index (χ0n) is 9.87. The lowest BCUT2D eigenvalue weighted by atomic mass is 10.1. The highest BCUT2D eigenvalue weighted by Crippen LogP contribution is 2.24. The van der Waals surface area contributed by atoms with Crippen molar-refractivity contribution in [3.8, 4) is 0 Å². The number of halogens is 2. The highest BCUT2D eigenvalue weighted by Gasteiger charge is 2.20. The monoisotopic (exact) mass is 301 g/mol. The Morgan fingerprint density at radius 3 is 2.82 bits per heavy atom. The summed E-state index contributed by atoms with van der Waals surface area (Å²) in [5, 5.41) is 8.04. The van der Waals surface area contributed by atoms with E-state index >= 15 is 0 Å². The quantitative estimate of drug-likeness (QED) is 0.875. The van der Waals surface area contributed by atoms with E-state index < -0.39 is 0 Å². The minimum absolute atomic E-state index is 0.317. The number of rotatable bonds is 3. The SMILES string of the molecule is COC(C)(C)Cn1nnc2c(Br)cc(F)cc21. The predicted octanol–water partition coefficient (Wildman–Crippen LogP) is 2.76. The summed E-state index contributed by atoms with van der Waals surface area (Å²) in [4.78, 5) is 0. The average molecular weight is 302 g/mol. The van der Waals surface area contributed by atoms with Crippen LogP contribution in [0.3, 0.4) is 0 Å². The van der Waals surface area contributed by atoms with Crippen LogP contribution in [-0.4, -0.2) is 27.7 Å². The van der Waals surface area contributed by atoms with Crippen molar-refractivity contribution in [1.29, 1.82) is 0 Å². The molecular weight excluding hydrogens is 289 g/mol. The van der Waals surface area contributed by atoms with Gasteiger partial charge in [-0.2, -0.15) is 0 Å². The largest absolute Gasteiger partial charge is 0.377 e. The Balaban J connectivity index is 2.49. The lowest BCUT2D eigenvalue weighted by Gasteiger charge is -2.22. The van der Waals surface area contributed by atoms with Gasteiger partial charge in [0.05, 0.1) is 22.1 Å². The maximum absolute atomic E-state index is 13.3. The van der Waals surface area contributed by atoms with Crippen LogP contribution in [0.5, 0.6) is 0 Å². The number of ether oxygens (including phenoxy) is 1. The zero-order valence-corrected chi connectivity index (χ0v) is 11.5. The van der Waals surface area contributed by atoms with Crippen LogP contribution in [0.15, 0.2) is 16.6 Å². The average Bonchev–Trinajstić information content (AvgIpc) is 2.61. The van der Waals surface area contributed by atoms with Gasteiger partial charge in [0.1, 0.15) is 11.3 Å². The predicted molar refractivity (Wildman–Crippen MR) is 66.3 cm³/mol. The standard InChI is InChI=1S/C11H13BrFN3O/c1-11(2,17-3)6-16-9-5-7(13)4-8(12)10(9)14-15-16/h4-5H,6H2,1-3H3. The Labute approximate surface area is 107 Å². The molecule has 0 atom stereocenters. The maximum Gasteiger partial charge on any atom is 0.127 e. The Kier molecular flexibility index (Phi) is 3.18. The Bertz CT molecular complexity index is 553. The molecule has 2 aromatic rings. The highest BCUT2D eigenvalue weighted by molar-refractivity contribution is 9.10. The minimum atomic E-state index is -0.376.